The van der Waals surface area contributed by atoms with Crippen molar-refractivity contribution in [3.8, 4) is 0 Å². The zero-order valence-electron chi connectivity index (χ0n) is 6.05. The van der Waals surface area contributed by atoms with Gasteiger partial charge in [0.25, 0.3) is 0 Å². The van der Waals surface area contributed by atoms with Gasteiger partial charge in [0.15, 0.2) is 0 Å². The van der Waals surface area contributed by atoms with Gasteiger partial charge in [-0.15, -0.1) is 0 Å². The molecule has 0 spiro atoms. The van der Waals surface area contributed by atoms with Gasteiger partial charge in [-0.2, -0.15) is 0 Å². The van der Waals surface area contributed by atoms with Crippen molar-refractivity contribution in [1.29, 1.82) is 0 Å². The van der Waals surface area contributed by atoms with Gasteiger partial charge in [-0.25, -0.2) is 0 Å². The topological polar surface area (TPSA) is 17.1 Å². The normalized spacial score (nSPS) is 56.6. The molecule has 0 aromatic rings. The van der Waals surface area contributed by atoms with Crippen LogP contribution in [0.25, 0.3) is 0 Å². The van der Waals surface area contributed by atoms with Crippen LogP contribution in [0.1, 0.15) is 25.7 Å². The smallest absolute Gasteiger partial charge is 0.136 e. The molecule has 3 aliphatic rings. The van der Waals surface area contributed by atoms with Gasteiger partial charge in [0, 0.05) is 12.3 Å². The number of fused-ring (bicyclic) bond motifs is 5. The van der Waals surface area contributed by atoms with Gasteiger partial charge in [-0.1, -0.05) is 0 Å². The third kappa shape index (κ3) is 0.415. The summed E-state index contributed by atoms with van der Waals surface area (Å²) >= 11 is 0. The Morgan fingerprint density at radius 2 is 2.00 bits per heavy atom. The molecular weight excluding hydrogens is 124 g/mol. The maximum atomic E-state index is 11.1. The molecule has 3 saturated carbocycles. The lowest BCUT2D eigenvalue weighted by atomic mass is 9.65. The first-order chi connectivity index (χ1) is 4.86. The summed E-state index contributed by atoms with van der Waals surface area (Å²) in [6, 6.07) is 0. The molecule has 3 fully saturated rings. The van der Waals surface area contributed by atoms with E-state index in [9.17, 15) is 4.79 Å². The molecule has 3 aliphatic carbocycles. The molecule has 1 heteroatoms. The van der Waals surface area contributed by atoms with Crippen LogP contribution in [0.15, 0.2) is 0 Å². The van der Waals surface area contributed by atoms with Crippen LogP contribution >= 0.6 is 0 Å². The summed E-state index contributed by atoms with van der Waals surface area (Å²) in [7, 11) is 0. The highest BCUT2D eigenvalue weighted by Crippen LogP contribution is 2.59. The third-order valence-electron chi connectivity index (χ3n) is 3.90. The Kier molecular flexibility index (Phi) is 0.781. The van der Waals surface area contributed by atoms with E-state index in [1.54, 1.807) is 0 Å². The van der Waals surface area contributed by atoms with Crippen LogP contribution < -0.4 is 0 Å². The Hall–Kier alpha value is -0.330. The van der Waals surface area contributed by atoms with E-state index in [1.807, 2.05) is 0 Å². The molecule has 3 rings (SSSR count). The molecule has 0 aromatic heterocycles. The fourth-order valence-corrected chi connectivity index (χ4v) is 3.41. The summed E-state index contributed by atoms with van der Waals surface area (Å²) < 4.78 is 0. The van der Waals surface area contributed by atoms with Crippen LogP contribution in [0.2, 0.25) is 0 Å². The molecule has 0 N–H and O–H groups in total. The SMILES string of the molecule is O=C1C[C@H]2[C@@H]3CC[C@@H](C3)[C@@H]12. The lowest BCUT2D eigenvalue weighted by Gasteiger charge is -2.38. The Bertz CT molecular complexity index is 195. The van der Waals surface area contributed by atoms with Crippen molar-refractivity contribution in [2.24, 2.45) is 23.7 Å². The molecule has 0 saturated heterocycles. The van der Waals surface area contributed by atoms with Gasteiger partial charge < -0.3 is 0 Å². The molecule has 0 unspecified atom stereocenters. The maximum absolute atomic E-state index is 11.1. The van der Waals surface area contributed by atoms with E-state index in [0.717, 1.165) is 24.2 Å². The van der Waals surface area contributed by atoms with E-state index in [2.05, 4.69) is 0 Å². The summed E-state index contributed by atoms with van der Waals surface area (Å²) in [5, 5.41) is 0. The summed E-state index contributed by atoms with van der Waals surface area (Å²) in [5.41, 5.74) is 0. The standard InChI is InChI=1S/C9H12O/c10-8-4-7-5-1-2-6(3-5)9(7)8/h5-7,9H,1-4H2/t5-,6+,7+,9-/m1/s1. The Morgan fingerprint density at radius 3 is 2.60 bits per heavy atom. The van der Waals surface area contributed by atoms with Crippen LogP contribution in [-0.2, 0) is 4.79 Å². The molecule has 0 aliphatic heterocycles. The summed E-state index contributed by atoms with van der Waals surface area (Å²) in [6.07, 6.45) is 5.11. The number of carbonyl (C=O) groups is 1. The van der Waals surface area contributed by atoms with Crippen molar-refractivity contribution < 1.29 is 4.79 Å². The van der Waals surface area contributed by atoms with Crippen LogP contribution in [0, 0.1) is 23.7 Å². The predicted octanol–water partition coefficient (Wildman–Crippen LogP) is 1.62. The number of hydrogen-bond donors (Lipinski definition) is 0. The van der Waals surface area contributed by atoms with Crippen molar-refractivity contribution in [1.82, 2.24) is 0 Å². The van der Waals surface area contributed by atoms with E-state index < -0.39 is 0 Å². The highest BCUT2D eigenvalue weighted by Gasteiger charge is 2.56. The zero-order chi connectivity index (χ0) is 6.72. The van der Waals surface area contributed by atoms with Crippen molar-refractivity contribution in [3.05, 3.63) is 0 Å². The molecule has 4 atom stereocenters. The first-order valence-electron chi connectivity index (χ1n) is 4.39. The lowest BCUT2D eigenvalue weighted by Crippen LogP contribution is -2.41. The van der Waals surface area contributed by atoms with Crippen molar-refractivity contribution in [2.75, 3.05) is 0 Å². The second-order valence-electron chi connectivity index (χ2n) is 4.19. The summed E-state index contributed by atoms with van der Waals surface area (Å²) in [5.74, 6) is 3.78. The molecule has 2 bridgehead atoms. The van der Waals surface area contributed by atoms with Gasteiger partial charge in [-0.05, 0) is 37.0 Å². The number of Topliss-reactive ketones (excluding diaryl/α,β-unsaturated/α-hetero) is 1. The van der Waals surface area contributed by atoms with Crippen molar-refractivity contribution >= 4 is 5.78 Å². The van der Waals surface area contributed by atoms with Crippen molar-refractivity contribution in [2.45, 2.75) is 25.7 Å². The minimum atomic E-state index is 0.554. The van der Waals surface area contributed by atoms with Gasteiger partial charge >= 0.3 is 0 Å². The highest BCUT2D eigenvalue weighted by molar-refractivity contribution is 5.88. The predicted molar refractivity (Wildman–Crippen MR) is 37.4 cm³/mol. The Morgan fingerprint density at radius 1 is 1.20 bits per heavy atom. The molecule has 0 amide bonds. The monoisotopic (exact) mass is 136 g/mol. The van der Waals surface area contributed by atoms with Crippen LogP contribution in [-0.4, -0.2) is 5.78 Å². The van der Waals surface area contributed by atoms with Gasteiger partial charge in [0.2, 0.25) is 0 Å². The summed E-state index contributed by atoms with van der Waals surface area (Å²) in [6.45, 7) is 0. The fourth-order valence-electron chi connectivity index (χ4n) is 3.41. The second kappa shape index (κ2) is 1.46. The molecule has 10 heavy (non-hydrogen) atoms. The third-order valence-corrected chi connectivity index (χ3v) is 3.90. The molecular formula is C9H12O. The van der Waals surface area contributed by atoms with E-state index in [-0.39, 0.29) is 0 Å². The van der Waals surface area contributed by atoms with Gasteiger partial charge in [-0.3, -0.25) is 4.79 Å². The van der Waals surface area contributed by atoms with Crippen molar-refractivity contribution in [3.63, 3.8) is 0 Å². The minimum Gasteiger partial charge on any atom is -0.299 e. The Balaban J connectivity index is 1.95. The van der Waals surface area contributed by atoms with Gasteiger partial charge in [0.1, 0.15) is 5.78 Å². The average Bonchev–Trinajstić information content (AvgIpc) is 2.40. The van der Waals surface area contributed by atoms with Gasteiger partial charge in [0.05, 0.1) is 0 Å². The minimum absolute atomic E-state index is 0.554. The largest absolute Gasteiger partial charge is 0.299 e. The average molecular weight is 136 g/mol. The summed E-state index contributed by atoms with van der Waals surface area (Å²) in [4.78, 5) is 11.1. The zero-order valence-corrected chi connectivity index (χ0v) is 6.05. The quantitative estimate of drug-likeness (QED) is 0.494. The van der Waals surface area contributed by atoms with Crippen LogP contribution in [0.5, 0.6) is 0 Å². The lowest BCUT2D eigenvalue weighted by molar-refractivity contribution is -0.136. The molecule has 54 valence electrons. The molecule has 0 radical (unpaired) electrons. The number of ketones is 1. The molecule has 0 aromatic carbocycles. The van der Waals surface area contributed by atoms with Crippen LogP contribution in [0.3, 0.4) is 0 Å². The number of rotatable bonds is 0. The van der Waals surface area contributed by atoms with E-state index in [4.69, 9.17) is 0 Å². The maximum Gasteiger partial charge on any atom is 0.136 e. The highest BCUT2D eigenvalue weighted by atomic mass is 16.1. The van der Waals surface area contributed by atoms with E-state index in [1.165, 1.54) is 19.3 Å². The molecule has 1 nitrogen and oxygen atoms in total. The Labute approximate surface area is 60.8 Å². The fraction of sp³-hybridized carbons (Fsp3) is 0.889. The number of carbonyl (C=O) groups excluding carboxylic acids is 1. The number of hydrogen-bond acceptors (Lipinski definition) is 1. The van der Waals surface area contributed by atoms with Crippen LogP contribution in [0.4, 0.5) is 0 Å². The first kappa shape index (κ1) is 5.34. The van der Waals surface area contributed by atoms with E-state index >= 15 is 0 Å². The second-order valence-corrected chi connectivity index (χ2v) is 4.19. The first-order valence-corrected chi connectivity index (χ1v) is 4.39. The molecule has 0 heterocycles. The van der Waals surface area contributed by atoms with E-state index in [0.29, 0.717) is 11.7 Å².